The number of rotatable bonds is 3. The summed E-state index contributed by atoms with van der Waals surface area (Å²) in [5.74, 6) is 1.08. The fourth-order valence-electron chi connectivity index (χ4n) is 5.02. The smallest absolute Gasteiger partial charge is 0.150 e. The maximum atomic E-state index is 11.7. The standard InChI is InChI=1S/C20H30N2O2S.CH4.H2/c1-20(13-17-4-3-9-22(17)2)14-21-19-6-5-16(12-18(19)20)15-7-10-25(23,24)11-8-15;;/h5-6,12,15,17,21H,3-4,7-11,13-14H2,1-2H3;1H4;1H/t17-,20?;;/m1../s1. The molecule has 26 heavy (non-hydrogen) atoms. The van der Waals surface area contributed by atoms with E-state index in [-0.39, 0.29) is 14.3 Å². The van der Waals surface area contributed by atoms with Gasteiger partial charge in [-0.3, -0.25) is 0 Å². The molecule has 0 spiro atoms. The van der Waals surface area contributed by atoms with Crippen LogP contribution in [-0.2, 0) is 15.3 Å². The van der Waals surface area contributed by atoms with Gasteiger partial charge in [-0.1, -0.05) is 26.5 Å². The zero-order valence-electron chi connectivity index (χ0n) is 15.4. The summed E-state index contributed by atoms with van der Waals surface area (Å²) < 4.78 is 23.5. The van der Waals surface area contributed by atoms with Crippen LogP contribution in [0.15, 0.2) is 18.2 Å². The minimum Gasteiger partial charge on any atom is -0.384 e. The highest BCUT2D eigenvalue weighted by molar-refractivity contribution is 7.91. The fourth-order valence-corrected chi connectivity index (χ4v) is 6.51. The molecule has 1 aromatic rings. The summed E-state index contributed by atoms with van der Waals surface area (Å²) in [5, 5.41) is 3.61. The zero-order chi connectivity index (χ0) is 17.7. The van der Waals surface area contributed by atoms with E-state index in [1.165, 1.54) is 42.6 Å². The number of nitrogens with one attached hydrogen (secondary N) is 1. The Morgan fingerprint density at radius 2 is 2.00 bits per heavy atom. The molecule has 0 aliphatic carbocycles. The molecule has 1 unspecified atom stereocenters. The lowest BCUT2D eigenvalue weighted by Gasteiger charge is -2.31. The number of nitrogens with zero attached hydrogens (tertiary/aromatic N) is 1. The van der Waals surface area contributed by atoms with Gasteiger partial charge in [0.1, 0.15) is 9.84 Å². The van der Waals surface area contributed by atoms with Gasteiger partial charge in [0.2, 0.25) is 0 Å². The molecule has 1 N–H and O–H groups in total. The molecule has 0 amide bonds. The SMILES string of the molecule is C.CN1CCC[C@@H]1CC1(C)CNc2ccc(C3CCS(=O)(=O)CC3)cc21.[HH]. The van der Waals surface area contributed by atoms with Gasteiger partial charge in [0.05, 0.1) is 11.5 Å². The van der Waals surface area contributed by atoms with Gasteiger partial charge in [-0.15, -0.1) is 0 Å². The number of benzene rings is 1. The van der Waals surface area contributed by atoms with Gasteiger partial charge in [-0.25, -0.2) is 8.42 Å². The first-order valence-electron chi connectivity index (χ1n) is 9.65. The minimum atomic E-state index is -2.80. The van der Waals surface area contributed by atoms with E-state index >= 15 is 0 Å². The maximum Gasteiger partial charge on any atom is 0.150 e. The van der Waals surface area contributed by atoms with E-state index < -0.39 is 9.84 Å². The fraction of sp³-hybridized carbons (Fsp3) is 0.714. The van der Waals surface area contributed by atoms with Gasteiger partial charge in [-0.2, -0.15) is 0 Å². The molecular weight excluding hydrogens is 344 g/mol. The molecule has 0 saturated carbocycles. The highest BCUT2D eigenvalue weighted by atomic mass is 32.2. The Morgan fingerprint density at radius 3 is 2.65 bits per heavy atom. The predicted octanol–water partition coefficient (Wildman–Crippen LogP) is 4.03. The lowest BCUT2D eigenvalue weighted by atomic mass is 9.77. The van der Waals surface area contributed by atoms with Crippen LogP contribution in [0.25, 0.3) is 0 Å². The highest BCUT2D eigenvalue weighted by Gasteiger charge is 2.39. The molecule has 1 aromatic carbocycles. The van der Waals surface area contributed by atoms with E-state index in [1.54, 1.807) is 0 Å². The number of anilines is 1. The van der Waals surface area contributed by atoms with Crippen LogP contribution < -0.4 is 5.32 Å². The second kappa shape index (κ2) is 7.16. The number of sulfone groups is 1. The van der Waals surface area contributed by atoms with Crippen molar-refractivity contribution in [3.05, 3.63) is 29.3 Å². The Kier molecular flexibility index (Phi) is 5.42. The van der Waals surface area contributed by atoms with Crippen molar-refractivity contribution in [1.29, 1.82) is 0 Å². The van der Waals surface area contributed by atoms with Crippen molar-refractivity contribution in [2.75, 3.05) is 37.0 Å². The summed E-state index contributed by atoms with van der Waals surface area (Å²) in [7, 11) is -0.545. The number of likely N-dealkylation sites (tertiary alicyclic amines) is 1. The van der Waals surface area contributed by atoms with Crippen LogP contribution in [0.2, 0.25) is 0 Å². The van der Waals surface area contributed by atoms with Crippen LogP contribution in [-0.4, -0.2) is 51.0 Å². The van der Waals surface area contributed by atoms with E-state index in [2.05, 4.69) is 42.4 Å². The van der Waals surface area contributed by atoms with Crippen LogP contribution in [0.3, 0.4) is 0 Å². The Bertz CT molecular complexity index is 753. The van der Waals surface area contributed by atoms with Crippen LogP contribution in [0.5, 0.6) is 0 Å². The summed E-state index contributed by atoms with van der Waals surface area (Å²) in [6.45, 7) is 4.62. The molecule has 2 saturated heterocycles. The van der Waals surface area contributed by atoms with Gasteiger partial charge in [-0.05, 0) is 68.8 Å². The first kappa shape index (κ1) is 19.7. The van der Waals surface area contributed by atoms with Crippen molar-refractivity contribution >= 4 is 15.5 Å². The van der Waals surface area contributed by atoms with E-state index in [0.717, 1.165) is 19.4 Å². The third kappa shape index (κ3) is 3.65. The molecule has 3 aliphatic heterocycles. The lowest BCUT2D eigenvalue weighted by Crippen LogP contribution is -2.35. The summed E-state index contributed by atoms with van der Waals surface area (Å²) in [6.07, 6.45) is 5.37. The highest BCUT2D eigenvalue weighted by Crippen LogP contribution is 2.43. The van der Waals surface area contributed by atoms with Crippen molar-refractivity contribution in [1.82, 2.24) is 4.90 Å². The van der Waals surface area contributed by atoms with E-state index in [4.69, 9.17) is 0 Å². The lowest BCUT2D eigenvalue weighted by molar-refractivity contribution is 0.254. The Morgan fingerprint density at radius 1 is 1.27 bits per heavy atom. The van der Waals surface area contributed by atoms with E-state index in [0.29, 0.717) is 23.5 Å². The molecule has 3 aliphatic rings. The Labute approximate surface area is 160 Å². The summed E-state index contributed by atoms with van der Waals surface area (Å²) >= 11 is 0. The average molecular weight is 381 g/mol. The molecule has 3 heterocycles. The summed E-state index contributed by atoms with van der Waals surface area (Å²) in [4.78, 5) is 2.51. The quantitative estimate of drug-likeness (QED) is 0.860. The normalized spacial score (nSPS) is 31.2. The van der Waals surface area contributed by atoms with Gasteiger partial charge in [0, 0.05) is 25.1 Å². The molecule has 0 bridgehead atoms. The average Bonchev–Trinajstić information content (AvgIpc) is 3.12. The van der Waals surface area contributed by atoms with Crippen molar-refractivity contribution in [2.45, 2.75) is 63.8 Å². The molecule has 5 heteroatoms. The third-order valence-corrected chi connectivity index (χ3v) is 8.46. The monoisotopic (exact) mass is 380 g/mol. The molecule has 0 radical (unpaired) electrons. The number of fused-ring (bicyclic) bond motifs is 1. The van der Waals surface area contributed by atoms with Crippen LogP contribution in [0, 0.1) is 0 Å². The first-order chi connectivity index (χ1) is 11.9. The van der Waals surface area contributed by atoms with Crippen molar-refractivity contribution < 1.29 is 9.84 Å². The van der Waals surface area contributed by atoms with Crippen molar-refractivity contribution in [3.63, 3.8) is 0 Å². The first-order valence-corrected chi connectivity index (χ1v) is 11.5. The third-order valence-electron chi connectivity index (χ3n) is 6.75. The van der Waals surface area contributed by atoms with Gasteiger partial charge in [0.15, 0.2) is 0 Å². The van der Waals surface area contributed by atoms with Crippen molar-refractivity contribution in [3.8, 4) is 0 Å². The molecule has 2 atom stereocenters. The summed E-state index contributed by atoms with van der Waals surface area (Å²) in [5.41, 5.74) is 4.23. The molecule has 4 rings (SSSR count). The molecule has 148 valence electrons. The summed E-state index contributed by atoms with van der Waals surface area (Å²) in [6, 6.07) is 7.49. The van der Waals surface area contributed by atoms with E-state index in [1.807, 2.05) is 0 Å². The van der Waals surface area contributed by atoms with Crippen LogP contribution in [0.1, 0.15) is 64.9 Å². The van der Waals surface area contributed by atoms with Crippen molar-refractivity contribution in [2.24, 2.45) is 0 Å². The van der Waals surface area contributed by atoms with Gasteiger partial charge < -0.3 is 10.2 Å². The van der Waals surface area contributed by atoms with Gasteiger partial charge in [0.25, 0.3) is 0 Å². The Hall–Kier alpha value is -1.07. The van der Waals surface area contributed by atoms with Crippen LogP contribution in [0.4, 0.5) is 5.69 Å². The topological polar surface area (TPSA) is 49.4 Å². The van der Waals surface area contributed by atoms with Crippen LogP contribution >= 0.6 is 0 Å². The minimum absolute atomic E-state index is 0. The zero-order valence-corrected chi connectivity index (χ0v) is 16.2. The maximum absolute atomic E-state index is 11.7. The number of hydrogen-bond acceptors (Lipinski definition) is 4. The molecule has 0 aromatic heterocycles. The molecule has 4 nitrogen and oxygen atoms in total. The second-order valence-electron chi connectivity index (χ2n) is 8.63. The number of hydrogen-bond donors (Lipinski definition) is 1. The molecule has 2 fully saturated rings. The Balaban J connectivity index is 0.00000131. The molecular formula is C21H36N2O2S. The largest absolute Gasteiger partial charge is 0.384 e. The second-order valence-corrected chi connectivity index (χ2v) is 10.9. The predicted molar refractivity (Wildman–Crippen MR) is 112 cm³/mol. The van der Waals surface area contributed by atoms with E-state index in [9.17, 15) is 8.42 Å². The van der Waals surface area contributed by atoms with Gasteiger partial charge >= 0.3 is 0 Å².